The van der Waals surface area contributed by atoms with E-state index < -0.39 is 5.82 Å². The molecule has 0 aliphatic rings. The van der Waals surface area contributed by atoms with Crippen molar-refractivity contribution >= 4 is 0 Å². The molecule has 15 heavy (non-hydrogen) atoms. The first kappa shape index (κ1) is 11.9. The number of nitrogens with two attached hydrogens (primary N) is 1. The van der Waals surface area contributed by atoms with Crippen molar-refractivity contribution in [2.75, 3.05) is 13.7 Å². The van der Waals surface area contributed by atoms with Gasteiger partial charge in [-0.3, -0.25) is 0 Å². The topological polar surface area (TPSA) is 55.5 Å². The molecule has 1 rings (SSSR count). The highest BCUT2D eigenvalue weighted by atomic mass is 19.1. The summed E-state index contributed by atoms with van der Waals surface area (Å²) in [6.45, 7) is 1.80. The summed E-state index contributed by atoms with van der Waals surface area (Å²) in [7, 11) is 1.41. The minimum absolute atomic E-state index is 0.0142. The molecule has 0 spiro atoms. The Hall–Kier alpha value is -1.13. The molecule has 4 heteroatoms. The first-order chi connectivity index (χ1) is 7.10. The van der Waals surface area contributed by atoms with Crippen LogP contribution < -0.4 is 10.5 Å². The van der Waals surface area contributed by atoms with Gasteiger partial charge in [-0.25, -0.2) is 4.39 Å². The van der Waals surface area contributed by atoms with E-state index in [0.29, 0.717) is 6.42 Å². The van der Waals surface area contributed by atoms with Gasteiger partial charge in [-0.15, -0.1) is 0 Å². The highest BCUT2D eigenvalue weighted by Crippen LogP contribution is 2.26. The van der Waals surface area contributed by atoms with Gasteiger partial charge in [0.2, 0.25) is 0 Å². The molecule has 0 radical (unpaired) electrons. The molecule has 1 atom stereocenters. The molecule has 0 saturated carbocycles. The number of ether oxygens (including phenoxy) is 1. The zero-order valence-corrected chi connectivity index (χ0v) is 8.96. The molecule has 1 aromatic carbocycles. The quantitative estimate of drug-likeness (QED) is 0.797. The second-order valence-corrected chi connectivity index (χ2v) is 3.46. The second-order valence-electron chi connectivity index (χ2n) is 3.46. The van der Waals surface area contributed by atoms with E-state index in [2.05, 4.69) is 0 Å². The van der Waals surface area contributed by atoms with Gasteiger partial charge in [0.25, 0.3) is 0 Å². The monoisotopic (exact) mass is 213 g/mol. The van der Waals surface area contributed by atoms with Crippen LogP contribution in [0, 0.1) is 12.7 Å². The van der Waals surface area contributed by atoms with Gasteiger partial charge in [-0.2, -0.15) is 0 Å². The van der Waals surface area contributed by atoms with E-state index in [1.165, 1.54) is 13.2 Å². The molecule has 0 amide bonds. The molecule has 0 aromatic heterocycles. The fraction of sp³-hybridized carbons (Fsp3) is 0.455. The van der Waals surface area contributed by atoms with Crippen LogP contribution >= 0.6 is 0 Å². The molecule has 84 valence electrons. The van der Waals surface area contributed by atoms with E-state index in [1.807, 2.05) is 0 Å². The summed E-state index contributed by atoms with van der Waals surface area (Å²) in [5, 5.41) is 8.78. The molecule has 0 saturated heterocycles. The van der Waals surface area contributed by atoms with Crippen molar-refractivity contribution < 1.29 is 14.2 Å². The van der Waals surface area contributed by atoms with Crippen molar-refractivity contribution in [3.8, 4) is 5.75 Å². The molecule has 0 aliphatic carbocycles. The number of benzene rings is 1. The molecule has 0 heterocycles. The molecular weight excluding hydrogens is 197 g/mol. The summed E-state index contributed by atoms with van der Waals surface area (Å²) in [6.07, 6.45) is 0.454. The third-order valence-corrected chi connectivity index (χ3v) is 2.38. The van der Waals surface area contributed by atoms with E-state index >= 15 is 0 Å². The summed E-state index contributed by atoms with van der Waals surface area (Å²) in [5.74, 6) is -0.209. The van der Waals surface area contributed by atoms with Gasteiger partial charge in [0.15, 0.2) is 11.6 Å². The average Bonchev–Trinajstić information content (AvgIpc) is 2.18. The summed E-state index contributed by atoms with van der Waals surface area (Å²) >= 11 is 0. The minimum Gasteiger partial charge on any atom is -0.494 e. The molecule has 0 fully saturated rings. The van der Waals surface area contributed by atoms with Crippen LogP contribution in [0.1, 0.15) is 23.6 Å². The maximum absolute atomic E-state index is 13.3. The third-order valence-electron chi connectivity index (χ3n) is 2.38. The molecule has 3 nitrogen and oxygen atoms in total. The van der Waals surface area contributed by atoms with Gasteiger partial charge in [-0.1, -0.05) is 0 Å². The normalized spacial score (nSPS) is 12.6. The third kappa shape index (κ3) is 2.67. The Bertz CT molecular complexity index is 342. The lowest BCUT2D eigenvalue weighted by Crippen LogP contribution is -2.13. The Morgan fingerprint density at radius 2 is 2.20 bits per heavy atom. The molecule has 0 bridgehead atoms. The fourth-order valence-electron chi connectivity index (χ4n) is 1.52. The van der Waals surface area contributed by atoms with Crippen molar-refractivity contribution in [2.45, 2.75) is 19.4 Å². The Morgan fingerprint density at radius 1 is 1.53 bits per heavy atom. The van der Waals surface area contributed by atoms with Gasteiger partial charge in [0.1, 0.15) is 0 Å². The predicted octanol–water partition coefficient (Wildman–Crippen LogP) is 1.52. The molecular formula is C11H16FNO2. The summed E-state index contributed by atoms with van der Waals surface area (Å²) in [6, 6.07) is 2.70. The van der Waals surface area contributed by atoms with Gasteiger partial charge in [0.05, 0.1) is 7.11 Å². The van der Waals surface area contributed by atoms with E-state index in [4.69, 9.17) is 15.6 Å². The lowest BCUT2D eigenvalue weighted by Gasteiger charge is -2.15. The standard InChI is InChI=1S/C11H16FNO2/c1-7-5-9(12)11(15-2)6-8(7)10(13)3-4-14/h5-6,10,14H,3-4,13H2,1-2H3. The minimum atomic E-state index is -0.394. The van der Waals surface area contributed by atoms with Crippen molar-refractivity contribution in [2.24, 2.45) is 5.73 Å². The van der Waals surface area contributed by atoms with Crippen LogP contribution in [0.5, 0.6) is 5.75 Å². The number of aryl methyl sites for hydroxylation is 1. The lowest BCUT2D eigenvalue weighted by atomic mass is 9.99. The SMILES string of the molecule is COc1cc(C(N)CCO)c(C)cc1F. The van der Waals surface area contributed by atoms with Gasteiger partial charge >= 0.3 is 0 Å². The Balaban J connectivity index is 3.06. The van der Waals surface area contributed by atoms with Crippen molar-refractivity contribution in [3.63, 3.8) is 0 Å². The number of aliphatic hydroxyl groups excluding tert-OH is 1. The summed E-state index contributed by atoms with van der Waals surface area (Å²) < 4.78 is 18.1. The Morgan fingerprint density at radius 3 is 2.73 bits per heavy atom. The van der Waals surface area contributed by atoms with E-state index in [-0.39, 0.29) is 18.4 Å². The maximum atomic E-state index is 13.3. The average molecular weight is 213 g/mol. The molecule has 3 N–H and O–H groups in total. The van der Waals surface area contributed by atoms with Gasteiger partial charge in [0, 0.05) is 12.6 Å². The number of aliphatic hydroxyl groups is 1. The van der Waals surface area contributed by atoms with Crippen LogP contribution in [-0.4, -0.2) is 18.8 Å². The predicted molar refractivity (Wildman–Crippen MR) is 56.3 cm³/mol. The smallest absolute Gasteiger partial charge is 0.165 e. The van der Waals surface area contributed by atoms with Crippen LogP contribution in [0.2, 0.25) is 0 Å². The van der Waals surface area contributed by atoms with E-state index in [1.54, 1.807) is 13.0 Å². The maximum Gasteiger partial charge on any atom is 0.165 e. The largest absolute Gasteiger partial charge is 0.494 e. The van der Waals surface area contributed by atoms with Gasteiger partial charge < -0.3 is 15.6 Å². The van der Waals surface area contributed by atoms with Crippen LogP contribution in [-0.2, 0) is 0 Å². The van der Waals surface area contributed by atoms with Gasteiger partial charge in [-0.05, 0) is 36.6 Å². The summed E-state index contributed by atoms with van der Waals surface area (Å²) in [4.78, 5) is 0. The van der Waals surface area contributed by atoms with Crippen molar-refractivity contribution in [3.05, 3.63) is 29.1 Å². The summed E-state index contributed by atoms with van der Waals surface area (Å²) in [5.41, 5.74) is 7.42. The number of hydrogen-bond acceptors (Lipinski definition) is 3. The number of methoxy groups -OCH3 is 1. The van der Waals surface area contributed by atoms with Crippen LogP contribution in [0.15, 0.2) is 12.1 Å². The highest BCUT2D eigenvalue weighted by Gasteiger charge is 2.13. The molecule has 0 aliphatic heterocycles. The highest BCUT2D eigenvalue weighted by molar-refractivity contribution is 5.38. The lowest BCUT2D eigenvalue weighted by molar-refractivity contribution is 0.276. The zero-order valence-electron chi connectivity index (χ0n) is 8.96. The molecule has 1 unspecified atom stereocenters. The number of rotatable bonds is 4. The van der Waals surface area contributed by atoms with Crippen molar-refractivity contribution in [1.29, 1.82) is 0 Å². The van der Waals surface area contributed by atoms with Crippen LogP contribution in [0.3, 0.4) is 0 Å². The second kappa shape index (κ2) is 5.09. The fourth-order valence-corrected chi connectivity index (χ4v) is 1.52. The Kier molecular flexibility index (Phi) is 4.05. The molecule has 1 aromatic rings. The van der Waals surface area contributed by atoms with E-state index in [0.717, 1.165) is 11.1 Å². The van der Waals surface area contributed by atoms with Crippen molar-refractivity contribution in [1.82, 2.24) is 0 Å². The Labute approximate surface area is 88.7 Å². The number of hydrogen-bond donors (Lipinski definition) is 2. The first-order valence-electron chi connectivity index (χ1n) is 4.80. The number of halogens is 1. The first-order valence-corrected chi connectivity index (χ1v) is 4.80. The van der Waals surface area contributed by atoms with Crippen LogP contribution in [0.25, 0.3) is 0 Å². The zero-order chi connectivity index (χ0) is 11.4. The van der Waals surface area contributed by atoms with E-state index in [9.17, 15) is 4.39 Å². The van der Waals surface area contributed by atoms with Crippen LogP contribution in [0.4, 0.5) is 4.39 Å².